The molecule has 4 aromatic heterocycles. The number of carbonyl (C=O) groups is 2. The number of rotatable bonds is 8. The third-order valence-electron chi connectivity index (χ3n) is 9.29. The maximum Gasteiger partial charge on any atom is 0.478 e. The SMILES string of the molecule is CC(C)(C)C(=O)OCOP1(=O)OCC2OC(n3cnc4c(=O)[nH]c(N)nc43)C(OP(=O)(OCOC(=O)C(C)(C)C)OCC3OC(n4cnc5c(N)ncnc54)C(F)C3O1)C2O. The average molecular weight is 905 g/mol. The molecule has 0 amide bonds. The predicted molar refractivity (Wildman–Crippen MR) is 201 cm³/mol. The van der Waals surface area contributed by atoms with Gasteiger partial charge in [-0.3, -0.25) is 46.6 Å². The van der Waals surface area contributed by atoms with Crippen LogP contribution in [-0.4, -0.2) is 120 Å². The second-order valence-corrected chi connectivity index (χ2v) is 19.2. The highest BCUT2D eigenvalue weighted by Crippen LogP contribution is 2.58. The van der Waals surface area contributed by atoms with E-state index in [4.69, 9.17) is 57.6 Å². The van der Waals surface area contributed by atoms with Gasteiger partial charge < -0.3 is 35.5 Å². The summed E-state index contributed by atoms with van der Waals surface area (Å²) in [6.07, 6.45) is -11.2. The number of aliphatic hydroxyl groups excluding tert-OH is 1. The van der Waals surface area contributed by atoms with Crippen LogP contribution in [0.25, 0.3) is 22.3 Å². The lowest BCUT2D eigenvalue weighted by Gasteiger charge is -2.28. The number of ether oxygens (including phenoxy) is 4. The fraction of sp³-hybridized carbons (Fsp3) is 0.625. The van der Waals surface area contributed by atoms with E-state index < -0.39 is 120 Å². The van der Waals surface area contributed by atoms with Crippen LogP contribution in [0.2, 0.25) is 0 Å². The van der Waals surface area contributed by atoms with Gasteiger partial charge in [0, 0.05) is 0 Å². The first-order valence-electron chi connectivity index (χ1n) is 18.4. The molecule has 7 heterocycles. The van der Waals surface area contributed by atoms with Crippen LogP contribution in [0.3, 0.4) is 0 Å². The van der Waals surface area contributed by atoms with Gasteiger partial charge in [-0.25, -0.2) is 42.5 Å². The van der Waals surface area contributed by atoms with Crippen LogP contribution in [0.15, 0.2) is 23.8 Å². The number of aromatic nitrogens is 8. The number of hydrogen-bond acceptors (Lipinski definition) is 23. The molecule has 0 radical (unpaired) electrons. The summed E-state index contributed by atoms with van der Waals surface area (Å²) in [4.78, 5) is 60.4. The van der Waals surface area contributed by atoms with E-state index in [1.54, 1.807) is 41.5 Å². The lowest BCUT2D eigenvalue weighted by Crippen LogP contribution is -2.36. The molecule has 0 aliphatic carbocycles. The second-order valence-electron chi connectivity index (χ2n) is 15.9. The number of hydrogen-bond donors (Lipinski definition) is 4. The fourth-order valence-electron chi connectivity index (χ4n) is 6.10. The predicted octanol–water partition coefficient (Wildman–Crippen LogP) is 1.78. The number of nitrogen functional groups attached to an aromatic ring is 2. The van der Waals surface area contributed by atoms with Crippen molar-refractivity contribution in [1.29, 1.82) is 0 Å². The number of nitrogens with one attached hydrogen (secondary N) is 1. The Morgan fingerprint density at radius 1 is 0.836 bits per heavy atom. The molecule has 61 heavy (non-hydrogen) atoms. The van der Waals surface area contributed by atoms with Gasteiger partial charge in [-0.1, -0.05) is 0 Å². The van der Waals surface area contributed by atoms with E-state index in [0.29, 0.717) is 0 Å². The zero-order chi connectivity index (χ0) is 44.2. The van der Waals surface area contributed by atoms with Crippen molar-refractivity contribution in [2.24, 2.45) is 10.8 Å². The van der Waals surface area contributed by atoms with Gasteiger partial charge in [0.25, 0.3) is 5.56 Å². The van der Waals surface area contributed by atoms with Gasteiger partial charge in [0.05, 0.1) is 36.7 Å². The molecule has 0 aromatic carbocycles. The van der Waals surface area contributed by atoms with E-state index in [-0.39, 0.29) is 34.1 Å². The topological polar surface area (TPSA) is 340 Å². The van der Waals surface area contributed by atoms with Crippen molar-refractivity contribution < 1.29 is 74.3 Å². The number of alkyl halides is 1. The molecule has 6 N–H and O–H groups in total. The maximum atomic E-state index is 16.8. The van der Waals surface area contributed by atoms with E-state index in [2.05, 4.69) is 29.9 Å². The molecule has 3 fully saturated rings. The lowest BCUT2D eigenvalue weighted by atomic mass is 9.98. The molecule has 7 rings (SSSR count). The van der Waals surface area contributed by atoms with E-state index in [1.807, 2.05) is 0 Å². The van der Waals surface area contributed by atoms with Crippen LogP contribution in [0.5, 0.6) is 0 Å². The number of aromatic amines is 1. The molecular formula is C32H43FN10O16P2. The zero-order valence-corrected chi connectivity index (χ0v) is 35.1. The quantitative estimate of drug-likeness (QED) is 0.111. The van der Waals surface area contributed by atoms with E-state index in [1.165, 1.54) is 0 Å². The van der Waals surface area contributed by atoms with Crippen LogP contribution in [0.1, 0.15) is 54.0 Å². The molecule has 334 valence electrons. The van der Waals surface area contributed by atoms with Crippen molar-refractivity contribution in [1.82, 2.24) is 39.0 Å². The number of H-pyrrole nitrogens is 1. The number of carbonyl (C=O) groups excluding carboxylic acids is 2. The van der Waals surface area contributed by atoms with E-state index >= 15 is 4.39 Å². The molecular weight excluding hydrogens is 861 g/mol. The summed E-state index contributed by atoms with van der Waals surface area (Å²) < 4.78 is 104. The normalized spacial score (nSPS) is 31.3. The van der Waals surface area contributed by atoms with Gasteiger partial charge in [-0.2, -0.15) is 4.98 Å². The molecule has 4 aromatic rings. The highest BCUT2D eigenvalue weighted by molar-refractivity contribution is 7.48. The van der Waals surface area contributed by atoms with E-state index in [9.17, 15) is 28.6 Å². The molecule has 3 saturated heterocycles. The minimum atomic E-state index is -5.14. The summed E-state index contributed by atoms with van der Waals surface area (Å²) in [6.45, 7) is 5.40. The number of esters is 2. The highest BCUT2D eigenvalue weighted by Gasteiger charge is 2.56. The number of imidazole rings is 2. The molecule has 3 aliphatic rings. The Balaban J connectivity index is 1.27. The smallest absolute Gasteiger partial charge is 0.437 e. The summed E-state index contributed by atoms with van der Waals surface area (Å²) in [5, 5.41) is 11.7. The van der Waals surface area contributed by atoms with Gasteiger partial charge in [0.1, 0.15) is 42.4 Å². The van der Waals surface area contributed by atoms with Crippen molar-refractivity contribution in [3.8, 4) is 0 Å². The lowest BCUT2D eigenvalue weighted by molar-refractivity contribution is -0.162. The fourth-order valence-corrected chi connectivity index (χ4v) is 8.59. The Bertz CT molecular complexity index is 2460. The molecule has 10 atom stereocenters. The number of halogens is 1. The molecule has 0 saturated carbocycles. The Kier molecular flexibility index (Phi) is 12.1. The van der Waals surface area contributed by atoms with Crippen LogP contribution in [0, 0.1) is 10.8 Å². The summed E-state index contributed by atoms with van der Waals surface area (Å²) in [5.41, 5.74) is 8.65. The first kappa shape index (κ1) is 44.5. The first-order chi connectivity index (χ1) is 28.6. The zero-order valence-electron chi connectivity index (χ0n) is 33.3. The van der Waals surface area contributed by atoms with Gasteiger partial charge in [0.2, 0.25) is 19.5 Å². The summed E-state index contributed by atoms with van der Waals surface area (Å²) in [5.74, 6) is -1.92. The molecule has 26 nitrogen and oxygen atoms in total. The standard InChI is InChI=1S/C32H43FN10O16P2/c1-31(2,3)28(46)50-12-54-60(48)52-7-14-19(44)21(27(56-14)43-11-39-18-24(43)40-30(35)41-25(18)45)59-61(49,55-13-51-29(47)32(4,5)6)53-8-15-20(58-60)16(33)26(57-15)42-10-38-17-22(34)36-9-37-23(17)42/h9-11,14-16,19-21,26-27,44H,7-8,12-13H2,1-6H3,(H2,34,36,37)(H3,35,40,41,45). The van der Waals surface area contributed by atoms with Crippen LogP contribution < -0.4 is 17.0 Å². The van der Waals surface area contributed by atoms with Gasteiger partial charge >= 0.3 is 27.6 Å². The van der Waals surface area contributed by atoms with Crippen molar-refractivity contribution in [3.05, 3.63) is 29.3 Å². The number of phosphoric ester groups is 2. The maximum absolute atomic E-state index is 16.8. The molecule has 29 heteroatoms. The molecule has 2 bridgehead atoms. The number of aliphatic hydroxyl groups is 1. The van der Waals surface area contributed by atoms with Crippen molar-refractivity contribution in [2.75, 3.05) is 38.3 Å². The largest absolute Gasteiger partial charge is 0.478 e. The third kappa shape index (κ3) is 9.18. The van der Waals surface area contributed by atoms with Crippen molar-refractivity contribution in [2.45, 2.75) is 90.7 Å². The number of anilines is 2. The Labute approximate surface area is 343 Å². The molecule has 3 aliphatic heterocycles. The number of phosphoric acid groups is 2. The Hall–Kier alpha value is -4.53. The summed E-state index contributed by atoms with van der Waals surface area (Å²) in [7, 11) is -10.3. The Morgan fingerprint density at radius 3 is 1.98 bits per heavy atom. The molecule has 0 spiro atoms. The van der Waals surface area contributed by atoms with Crippen LogP contribution in [-0.2, 0) is 64.8 Å². The highest BCUT2D eigenvalue weighted by atomic mass is 31.2. The number of nitrogens with zero attached hydrogens (tertiary/aromatic N) is 7. The van der Waals surface area contributed by atoms with Crippen molar-refractivity contribution in [3.63, 3.8) is 0 Å². The van der Waals surface area contributed by atoms with Gasteiger partial charge in [-0.15, -0.1) is 0 Å². The number of fused-ring (bicyclic) bond motifs is 5. The second kappa shape index (κ2) is 16.6. The monoisotopic (exact) mass is 904 g/mol. The van der Waals surface area contributed by atoms with Crippen LogP contribution >= 0.6 is 15.6 Å². The van der Waals surface area contributed by atoms with Gasteiger partial charge in [-0.05, 0) is 41.5 Å². The summed E-state index contributed by atoms with van der Waals surface area (Å²) in [6, 6.07) is 0. The number of nitrogens with two attached hydrogens (primary N) is 2. The van der Waals surface area contributed by atoms with Crippen molar-refractivity contribution >= 4 is 61.7 Å². The average Bonchev–Trinajstić information content (AvgIpc) is 3.94. The minimum Gasteiger partial charge on any atom is -0.437 e. The summed E-state index contributed by atoms with van der Waals surface area (Å²) >= 11 is 0. The molecule has 10 unspecified atom stereocenters. The third-order valence-corrected chi connectivity index (χ3v) is 12.1. The van der Waals surface area contributed by atoms with E-state index in [0.717, 1.165) is 28.1 Å². The Morgan fingerprint density at radius 2 is 1.38 bits per heavy atom. The van der Waals surface area contributed by atoms with Gasteiger partial charge in [0.15, 0.2) is 41.3 Å². The minimum absolute atomic E-state index is 0.0247. The van der Waals surface area contributed by atoms with Crippen LogP contribution in [0.4, 0.5) is 16.2 Å². The first-order valence-corrected chi connectivity index (χ1v) is 21.3.